The van der Waals surface area contributed by atoms with Gasteiger partial charge in [-0.25, -0.2) is 4.68 Å². The molecule has 17 heavy (non-hydrogen) atoms. The van der Waals surface area contributed by atoms with E-state index in [1.807, 2.05) is 12.1 Å². The number of hydrogen-bond acceptors (Lipinski definition) is 3. The lowest BCUT2D eigenvalue weighted by atomic mass is 10.2. The zero-order valence-corrected chi connectivity index (χ0v) is 9.09. The van der Waals surface area contributed by atoms with Gasteiger partial charge in [0.15, 0.2) is 0 Å². The van der Waals surface area contributed by atoms with E-state index < -0.39 is 0 Å². The van der Waals surface area contributed by atoms with Gasteiger partial charge in [0.2, 0.25) is 0 Å². The Morgan fingerprint density at radius 2 is 2.18 bits per heavy atom. The number of nitrogens with one attached hydrogen (secondary N) is 1. The molecule has 5 nitrogen and oxygen atoms in total. The monoisotopic (exact) mass is 225 g/mol. The zero-order chi connectivity index (χ0) is 12.3. The molecule has 84 valence electrons. The van der Waals surface area contributed by atoms with Crippen LogP contribution >= 0.6 is 0 Å². The molecule has 0 radical (unpaired) electrons. The van der Waals surface area contributed by atoms with Crippen molar-refractivity contribution in [2.75, 3.05) is 0 Å². The van der Waals surface area contributed by atoms with Crippen LogP contribution in [0.15, 0.2) is 30.6 Å². The van der Waals surface area contributed by atoms with Gasteiger partial charge in [-0.05, 0) is 18.2 Å². The van der Waals surface area contributed by atoms with Crippen LogP contribution in [-0.2, 0) is 6.54 Å². The number of nitrogens with two attached hydrogens (primary N) is 1. The summed E-state index contributed by atoms with van der Waals surface area (Å²) in [6.45, 7) is 0.292. The predicted molar refractivity (Wildman–Crippen MR) is 65.3 cm³/mol. The van der Waals surface area contributed by atoms with Crippen LogP contribution in [0.4, 0.5) is 0 Å². The molecule has 3 N–H and O–H groups in total. The van der Waals surface area contributed by atoms with Gasteiger partial charge in [0.05, 0.1) is 5.69 Å². The average Bonchev–Trinajstić information content (AvgIpc) is 2.75. The van der Waals surface area contributed by atoms with Gasteiger partial charge in [-0.1, -0.05) is 5.92 Å². The third-order valence-corrected chi connectivity index (χ3v) is 2.27. The lowest BCUT2D eigenvalue weighted by molar-refractivity contribution is 0.710. The van der Waals surface area contributed by atoms with Crippen molar-refractivity contribution in [3.05, 3.63) is 36.3 Å². The summed E-state index contributed by atoms with van der Waals surface area (Å²) in [5.74, 6) is 2.43. The first-order valence-corrected chi connectivity index (χ1v) is 4.98. The number of amidine groups is 1. The van der Waals surface area contributed by atoms with Gasteiger partial charge in [-0.3, -0.25) is 10.4 Å². The molecule has 2 rings (SSSR count). The summed E-state index contributed by atoms with van der Waals surface area (Å²) in [5.41, 5.74) is 7.65. The van der Waals surface area contributed by atoms with E-state index in [1.165, 1.54) is 4.68 Å². The van der Waals surface area contributed by atoms with Crippen LogP contribution in [0.5, 0.6) is 0 Å². The van der Waals surface area contributed by atoms with Crippen LogP contribution in [0, 0.1) is 17.8 Å². The number of nitrogen functional groups attached to an aromatic ring is 1. The molecule has 0 saturated carbocycles. The van der Waals surface area contributed by atoms with E-state index in [4.69, 9.17) is 17.6 Å². The molecule has 0 aliphatic rings. The Kier molecular flexibility index (Phi) is 2.88. The van der Waals surface area contributed by atoms with E-state index in [0.717, 1.165) is 11.3 Å². The Balaban J connectivity index is 2.48. The normalized spacial score (nSPS) is 9.82. The molecule has 5 heteroatoms. The van der Waals surface area contributed by atoms with Gasteiger partial charge in [-0.2, -0.15) is 5.10 Å². The van der Waals surface area contributed by atoms with E-state index in [9.17, 15) is 0 Å². The highest BCUT2D eigenvalue weighted by Gasteiger charge is 2.10. The second kappa shape index (κ2) is 4.49. The molecule has 0 unspecified atom stereocenters. The molecule has 0 atom stereocenters. The van der Waals surface area contributed by atoms with Crippen LogP contribution in [0.3, 0.4) is 0 Å². The van der Waals surface area contributed by atoms with Crippen LogP contribution in [-0.4, -0.2) is 20.6 Å². The fourth-order valence-corrected chi connectivity index (χ4v) is 1.50. The number of nitrogens with zero attached hydrogens (tertiary/aromatic N) is 3. The first-order valence-electron chi connectivity index (χ1n) is 4.98. The summed E-state index contributed by atoms with van der Waals surface area (Å²) >= 11 is 0. The van der Waals surface area contributed by atoms with Crippen LogP contribution < -0.4 is 5.73 Å². The SMILES string of the molecule is C#CCn1nc(-c2ccncc2)cc1C(=N)N. The Hall–Kier alpha value is -2.61. The second-order valence-corrected chi connectivity index (χ2v) is 3.43. The Bertz CT molecular complexity index is 577. The molecular weight excluding hydrogens is 214 g/mol. The summed E-state index contributed by atoms with van der Waals surface area (Å²) in [6.07, 6.45) is 8.61. The minimum Gasteiger partial charge on any atom is -0.382 e. The fraction of sp³-hybridized carbons (Fsp3) is 0.0833. The predicted octanol–water partition coefficient (Wildman–Crippen LogP) is 0.862. The van der Waals surface area contributed by atoms with Crippen molar-refractivity contribution >= 4 is 5.84 Å². The maximum atomic E-state index is 7.47. The molecule has 0 spiro atoms. The molecule has 0 amide bonds. The molecule has 2 aromatic heterocycles. The number of hydrogen-bond donors (Lipinski definition) is 2. The van der Waals surface area contributed by atoms with Gasteiger partial charge in [0, 0.05) is 18.0 Å². The highest BCUT2D eigenvalue weighted by atomic mass is 15.3. The molecule has 0 aliphatic carbocycles. The molecule has 0 aromatic carbocycles. The third-order valence-electron chi connectivity index (χ3n) is 2.27. The van der Waals surface area contributed by atoms with Gasteiger partial charge in [0.1, 0.15) is 18.1 Å². The van der Waals surface area contributed by atoms with Crippen molar-refractivity contribution in [2.24, 2.45) is 5.73 Å². The topological polar surface area (TPSA) is 80.6 Å². The minimum absolute atomic E-state index is 0.0481. The van der Waals surface area contributed by atoms with Crippen molar-refractivity contribution in [3.63, 3.8) is 0 Å². The van der Waals surface area contributed by atoms with Crippen molar-refractivity contribution in [2.45, 2.75) is 6.54 Å². The number of rotatable bonds is 3. The van der Waals surface area contributed by atoms with Crippen molar-refractivity contribution < 1.29 is 0 Å². The standard InChI is InChI=1S/C12H11N5/c1-2-7-17-11(12(13)14)8-10(16-17)9-3-5-15-6-4-9/h1,3-6,8H,7H2,(H3,13,14). The van der Waals surface area contributed by atoms with Gasteiger partial charge >= 0.3 is 0 Å². The zero-order valence-electron chi connectivity index (χ0n) is 9.09. The van der Waals surface area contributed by atoms with E-state index in [0.29, 0.717) is 12.2 Å². The molecule has 0 fully saturated rings. The van der Waals surface area contributed by atoms with E-state index in [-0.39, 0.29) is 5.84 Å². The summed E-state index contributed by atoms with van der Waals surface area (Å²) in [4.78, 5) is 3.94. The Morgan fingerprint density at radius 1 is 1.47 bits per heavy atom. The Morgan fingerprint density at radius 3 is 2.76 bits per heavy atom. The molecule has 2 aromatic rings. The second-order valence-electron chi connectivity index (χ2n) is 3.43. The molecule has 2 heterocycles. The van der Waals surface area contributed by atoms with Crippen molar-refractivity contribution in [1.29, 1.82) is 5.41 Å². The average molecular weight is 225 g/mol. The third kappa shape index (κ3) is 2.16. The molecular formula is C12H11N5. The maximum Gasteiger partial charge on any atom is 0.141 e. The summed E-state index contributed by atoms with van der Waals surface area (Å²) < 4.78 is 1.54. The highest BCUT2D eigenvalue weighted by Crippen LogP contribution is 2.17. The van der Waals surface area contributed by atoms with E-state index in [2.05, 4.69) is 16.0 Å². The summed E-state index contributed by atoms with van der Waals surface area (Å²) in [5, 5.41) is 11.8. The smallest absolute Gasteiger partial charge is 0.141 e. The number of terminal acetylenes is 1. The Labute approximate surface area is 98.8 Å². The summed E-state index contributed by atoms with van der Waals surface area (Å²) in [6, 6.07) is 5.42. The first-order chi connectivity index (χ1) is 8.22. The van der Waals surface area contributed by atoms with E-state index >= 15 is 0 Å². The lowest BCUT2D eigenvalue weighted by Gasteiger charge is -1.99. The van der Waals surface area contributed by atoms with Gasteiger partial charge in [-0.15, -0.1) is 6.42 Å². The van der Waals surface area contributed by atoms with Crippen LogP contribution in [0.25, 0.3) is 11.3 Å². The lowest BCUT2D eigenvalue weighted by Crippen LogP contribution is -2.17. The minimum atomic E-state index is -0.0481. The number of pyridine rings is 1. The van der Waals surface area contributed by atoms with Crippen molar-refractivity contribution in [3.8, 4) is 23.6 Å². The van der Waals surface area contributed by atoms with Gasteiger partial charge in [0.25, 0.3) is 0 Å². The fourth-order valence-electron chi connectivity index (χ4n) is 1.50. The van der Waals surface area contributed by atoms with Crippen LogP contribution in [0.1, 0.15) is 5.69 Å². The summed E-state index contributed by atoms with van der Waals surface area (Å²) in [7, 11) is 0. The van der Waals surface area contributed by atoms with Crippen molar-refractivity contribution in [1.82, 2.24) is 14.8 Å². The highest BCUT2D eigenvalue weighted by molar-refractivity contribution is 5.94. The number of aromatic nitrogens is 3. The maximum absolute atomic E-state index is 7.47. The largest absolute Gasteiger partial charge is 0.382 e. The molecule has 0 aliphatic heterocycles. The van der Waals surface area contributed by atoms with Gasteiger partial charge < -0.3 is 5.73 Å². The molecule has 0 bridgehead atoms. The van der Waals surface area contributed by atoms with Crippen LogP contribution in [0.2, 0.25) is 0 Å². The molecule has 0 saturated heterocycles. The quantitative estimate of drug-likeness (QED) is 0.462. The van der Waals surface area contributed by atoms with E-state index in [1.54, 1.807) is 18.5 Å². The first kappa shape index (κ1) is 10.9.